The quantitative estimate of drug-likeness (QED) is 0.545. The van der Waals surface area contributed by atoms with E-state index in [9.17, 15) is 19.7 Å². The Morgan fingerprint density at radius 2 is 1.96 bits per heavy atom. The van der Waals surface area contributed by atoms with Crippen LogP contribution in [0.25, 0.3) is 0 Å². The van der Waals surface area contributed by atoms with Crippen LogP contribution in [0.4, 0.5) is 17.2 Å². The fourth-order valence-electron chi connectivity index (χ4n) is 2.80. The fraction of sp³-hybridized carbons (Fsp3) is 0.412. The average molecular weight is 361 g/mol. The SMILES string of the molecule is CCCCn1c(N)c(N(CC)Cc2ccccc2[N+](=O)[O-])c(=O)[nH]c1=O. The zero-order chi connectivity index (χ0) is 19.3. The third kappa shape index (κ3) is 3.93. The topological polar surface area (TPSA) is 127 Å². The number of H-pyrrole nitrogens is 1. The molecule has 3 N–H and O–H groups in total. The van der Waals surface area contributed by atoms with Gasteiger partial charge in [0.2, 0.25) is 0 Å². The Morgan fingerprint density at radius 1 is 1.27 bits per heavy atom. The zero-order valence-electron chi connectivity index (χ0n) is 14.9. The highest BCUT2D eigenvalue weighted by Crippen LogP contribution is 2.24. The Bertz CT molecular complexity index is 903. The van der Waals surface area contributed by atoms with Crippen LogP contribution < -0.4 is 21.9 Å². The number of anilines is 2. The van der Waals surface area contributed by atoms with E-state index in [0.29, 0.717) is 18.7 Å². The number of benzene rings is 1. The molecule has 0 aliphatic carbocycles. The first kappa shape index (κ1) is 19.2. The van der Waals surface area contributed by atoms with E-state index in [2.05, 4.69) is 4.98 Å². The minimum atomic E-state index is -0.597. The first-order valence-corrected chi connectivity index (χ1v) is 8.50. The van der Waals surface area contributed by atoms with Crippen LogP contribution in [-0.2, 0) is 13.1 Å². The number of nitro groups is 1. The molecule has 26 heavy (non-hydrogen) atoms. The Labute approximate surface area is 150 Å². The van der Waals surface area contributed by atoms with Gasteiger partial charge in [-0.1, -0.05) is 31.5 Å². The van der Waals surface area contributed by atoms with Gasteiger partial charge in [-0.3, -0.25) is 24.5 Å². The van der Waals surface area contributed by atoms with E-state index in [1.165, 1.54) is 10.6 Å². The number of nitrogen functional groups attached to an aromatic ring is 1. The minimum Gasteiger partial charge on any atom is -0.383 e. The lowest BCUT2D eigenvalue weighted by atomic mass is 10.1. The van der Waals surface area contributed by atoms with Gasteiger partial charge < -0.3 is 10.6 Å². The summed E-state index contributed by atoms with van der Waals surface area (Å²) < 4.78 is 1.34. The van der Waals surface area contributed by atoms with Crippen molar-refractivity contribution in [1.29, 1.82) is 0 Å². The lowest BCUT2D eigenvalue weighted by Crippen LogP contribution is -2.38. The van der Waals surface area contributed by atoms with Crippen molar-refractivity contribution in [2.24, 2.45) is 0 Å². The highest BCUT2D eigenvalue weighted by molar-refractivity contribution is 5.63. The molecule has 0 amide bonds. The molecule has 9 heteroatoms. The summed E-state index contributed by atoms with van der Waals surface area (Å²) in [5, 5.41) is 11.2. The summed E-state index contributed by atoms with van der Waals surface area (Å²) in [6, 6.07) is 6.34. The normalized spacial score (nSPS) is 10.7. The number of nitrogens with zero attached hydrogens (tertiary/aromatic N) is 3. The van der Waals surface area contributed by atoms with Gasteiger partial charge in [-0.15, -0.1) is 0 Å². The van der Waals surface area contributed by atoms with Crippen molar-refractivity contribution in [2.75, 3.05) is 17.2 Å². The van der Waals surface area contributed by atoms with Gasteiger partial charge in [0, 0.05) is 24.7 Å². The Morgan fingerprint density at radius 3 is 2.58 bits per heavy atom. The molecule has 0 aliphatic rings. The molecule has 0 spiro atoms. The van der Waals surface area contributed by atoms with Crippen molar-refractivity contribution in [3.05, 3.63) is 60.8 Å². The second-order valence-corrected chi connectivity index (χ2v) is 5.90. The van der Waals surface area contributed by atoms with Crippen molar-refractivity contribution in [2.45, 2.75) is 39.8 Å². The van der Waals surface area contributed by atoms with Crippen molar-refractivity contribution in [1.82, 2.24) is 9.55 Å². The average Bonchev–Trinajstić information content (AvgIpc) is 2.60. The molecule has 9 nitrogen and oxygen atoms in total. The molecular formula is C17H23N5O4. The van der Waals surface area contributed by atoms with E-state index in [0.717, 1.165) is 12.8 Å². The molecule has 2 rings (SSSR count). The molecule has 0 fully saturated rings. The number of aromatic nitrogens is 2. The maximum absolute atomic E-state index is 12.4. The molecule has 140 valence electrons. The number of nitrogens with one attached hydrogen (secondary N) is 1. The summed E-state index contributed by atoms with van der Waals surface area (Å²) in [6.07, 6.45) is 1.61. The number of nitro benzene ring substituents is 1. The largest absolute Gasteiger partial charge is 0.383 e. The first-order chi connectivity index (χ1) is 12.4. The van der Waals surface area contributed by atoms with Crippen LogP contribution in [0, 0.1) is 10.1 Å². The zero-order valence-corrected chi connectivity index (χ0v) is 14.9. The summed E-state index contributed by atoms with van der Waals surface area (Å²) in [5.41, 5.74) is 5.56. The van der Waals surface area contributed by atoms with Crippen LogP contribution >= 0.6 is 0 Å². The monoisotopic (exact) mass is 361 g/mol. The van der Waals surface area contributed by atoms with Gasteiger partial charge in [-0.2, -0.15) is 0 Å². The maximum atomic E-state index is 12.4. The van der Waals surface area contributed by atoms with Crippen LogP contribution in [0.15, 0.2) is 33.9 Å². The lowest BCUT2D eigenvalue weighted by Gasteiger charge is -2.24. The molecule has 1 heterocycles. The van der Waals surface area contributed by atoms with Crippen molar-refractivity contribution in [3.8, 4) is 0 Å². The van der Waals surface area contributed by atoms with Crippen molar-refractivity contribution >= 4 is 17.2 Å². The van der Waals surface area contributed by atoms with Gasteiger partial charge >= 0.3 is 5.69 Å². The highest BCUT2D eigenvalue weighted by Gasteiger charge is 2.21. The molecule has 0 bridgehead atoms. The summed E-state index contributed by atoms with van der Waals surface area (Å²) >= 11 is 0. The molecule has 0 atom stereocenters. The summed E-state index contributed by atoms with van der Waals surface area (Å²) in [5.74, 6) is 0.0765. The second kappa shape index (κ2) is 8.32. The second-order valence-electron chi connectivity index (χ2n) is 5.90. The van der Waals surface area contributed by atoms with Crippen LogP contribution in [-0.4, -0.2) is 21.0 Å². The van der Waals surface area contributed by atoms with Crippen LogP contribution in [0.5, 0.6) is 0 Å². The van der Waals surface area contributed by atoms with Gasteiger partial charge in [-0.25, -0.2) is 4.79 Å². The number of hydrogen-bond donors (Lipinski definition) is 2. The Kier molecular flexibility index (Phi) is 6.16. The Hall–Kier alpha value is -3.10. The van der Waals surface area contributed by atoms with Crippen LogP contribution in [0.1, 0.15) is 32.3 Å². The molecule has 0 unspecified atom stereocenters. The van der Waals surface area contributed by atoms with Crippen molar-refractivity contribution < 1.29 is 4.92 Å². The number of hydrogen-bond acceptors (Lipinski definition) is 6. The summed E-state index contributed by atoms with van der Waals surface area (Å²) in [4.78, 5) is 39.1. The lowest BCUT2D eigenvalue weighted by molar-refractivity contribution is -0.385. The van der Waals surface area contributed by atoms with Gasteiger partial charge in [0.1, 0.15) is 11.5 Å². The molecule has 1 aromatic heterocycles. The van der Waals surface area contributed by atoms with E-state index in [-0.39, 0.29) is 23.7 Å². The third-order valence-electron chi connectivity index (χ3n) is 4.20. The van der Waals surface area contributed by atoms with E-state index in [1.807, 2.05) is 13.8 Å². The van der Waals surface area contributed by atoms with Crippen molar-refractivity contribution in [3.63, 3.8) is 0 Å². The first-order valence-electron chi connectivity index (χ1n) is 8.50. The Balaban J connectivity index is 2.50. The van der Waals surface area contributed by atoms with Gasteiger partial charge in [-0.05, 0) is 13.3 Å². The molecule has 0 saturated heterocycles. The number of unbranched alkanes of at least 4 members (excludes halogenated alkanes) is 1. The number of aromatic amines is 1. The predicted molar refractivity (Wildman–Crippen MR) is 100 cm³/mol. The molecule has 0 aliphatic heterocycles. The van der Waals surface area contributed by atoms with Gasteiger partial charge in [0.05, 0.1) is 11.5 Å². The van der Waals surface area contributed by atoms with Gasteiger partial charge in [0.15, 0.2) is 0 Å². The van der Waals surface area contributed by atoms with E-state index in [1.54, 1.807) is 23.1 Å². The van der Waals surface area contributed by atoms with Crippen LogP contribution in [0.2, 0.25) is 0 Å². The van der Waals surface area contributed by atoms with E-state index < -0.39 is 16.2 Å². The number of para-hydroxylation sites is 1. The smallest absolute Gasteiger partial charge is 0.330 e. The van der Waals surface area contributed by atoms with E-state index >= 15 is 0 Å². The molecule has 0 radical (unpaired) electrons. The molecule has 1 aromatic carbocycles. The predicted octanol–water partition coefficient (Wildman–Crippen LogP) is 1.85. The third-order valence-corrected chi connectivity index (χ3v) is 4.20. The maximum Gasteiger partial charge on any atom is 0.330 e. The van der Waals surface area contributed by atoms with E-state index in [4.69, 9.17) is 5.73 Å². The highest BCUT2D eigenvalue weighted by atomic mass is 16.6. The molecular weight excluding hydrogens is 338 g/mol. The molecule has 0 saturated carbocycles. The minimum absolute atomic E-state index is 0.0275. The molecule has 2 aromatic rings. The van der Waals surface area contributed by atoms with Crippen LogP contribution in [0.3, 0.4) is 0 Å². The summed E-state index contributed by atoms with van der Waals surface area (Å²) in [6.45, 7) is 4.72. The standard InChI is InChI=1S/C17H23N5O4/c1-3-5-10-21-15(18)14(16(23)19-17(21)24)20(4-2)11-12-8-6-7-9-13(12)22(25)26/h6-9H,3-5,10-11,18H2,1-2H3,(H,19,23,24). The fourth-order valence-corrected chi connectivity index (χ4v) is 2.80. The van der Waals surface area contributed by atoms with Gasteiger partial charge in [0.25, 0.3) is 11.2 Å². The number of nitrogens with two attached hydrogens (primary N) is 1. The summed E-state index contributed by atoms with van der Waals surface area (Å²) in [7, 11) is 0. The number of rotatable bonds is 8.